The maximum absolute atomic E-state index is 12.5. The number of esters is 1. The number of nitrogens with one attached hydrogen (secondary N) is 1. The Hall–Kier alpha value is -4.36. The fraction of sp³-hybridized carbons (Fsp3) is 0.0385. The van der Waals surface area contributed by atoms with Crippen LogP contribution in [-0.4, -0.2) is 24.8 Å². The first-order valence-corrected chi connectivity index (χ1v) is 10.5. The van der Waals surface area contributed by atoms with Crippen molar-refractivity contribution in [3.8, 4) is 22.8 Å². The van der Waals surface area contributed by atoms with Crippen molar-refractivity contribution >= 4 is 35.5 Å². The third-order valence-corrected chi connectivity index (χ3v) is 4.99. The Morgan fingerprint density at radius 3 is 2.35 bits per heavy atom. The lowest BCUT2D eigenvalue weighted by Crippen LogP contribution is -2.21. The smallest absolute Gasteiger partial charge is 0.340 e. The van der Waals surface area contributed by atoms with E-state index >= 15 is 0 Å². The van der Waals surface area contributed by atoms with E-state index in [1.54, 1.807) is 36.4 Å². The van der Waals surface area contributed by atoms with E-state index in [1.807, 2.05) is 30.3 Å². The summed E-state index contributed by atoms with van der Waals surface area (Å²) in [6.45, 7) is -0.502. The number of furan rings is 1. The van der Waals surface area contributed by atoms with Crippen LogP contribution in [0.15, 0.2) is 89.3 Å². The highest BCUT2D eigenvalue weighted by atomic mass is 35.5. The van der Waals surface area contributed by atoms with Crippen molar-refractivity contribution in [1.82, 2.24) is 0 Å². The molecule has 1 N–H and O–H groups in total. The SMILES string of the molecule is O=Cc1ccc(-c2ccc(Cl)c(C(=O)OCC(=O)Nc3ccc(Oc4ccccc4)cc3)c2)o1. The molecular formula is C26H18ClNO6. The normalized spacial score (nSPS) is 10.4. The summed E-state index contributed by atoms with van der Waals surface area (Å²) in [5.41, 5.74) is 1.12. The van der Waals surface area contributed by atoms with Gasteiger partial charge in [-0.1, -0.05) is 29.8 Å². The summed E-state index contributed by atoms with van der Waals surface area (Å²) >= 11 is 6.13. The van der Waals surface area contributed by atoms with E-state index in [0.29, 0.717) is 34.8 Å². The molecule has 0 aliphatic carbocycles. The minimum Gasteiger partial charge on any atom is -0.457 e. The zero-order valence-electron chi connectivity index (χ0n) is 17.7. The minimum atomic E-state index is -0.768. The molecule has 0 atom stereocenters. The van der Waals surface area contributed by atoms with Gasteiger partial charge in [0.1, 0.15) is 17.3 Å². The summed E-state index contributed by atoms with van der Waals surface area (Å²) in [7, 11) is 0. The molecule has 0 bridgehead atoms. The van der Waals surface area contributed by atoms with Crippen LogP contribution >= 0.6 is 11.6 Å². The molecule has 0 spiro atoms. The van der Waals surface area contributed by atoms with Crippen molar-refractivity contribution in [3.63, 3.8) is 0 Å². The number of halogens is 1. The highest BCUT2D eigenvalue weighted by Crippen LogP contribution is 2.27. The van der Waals surface area contributed by atoms with Gasteiger partial charge in [-0.3, -0.25) is 9.59 Å². The van der Waals surface area contributed by atoms with Gasteiger partial charge in [-0.2, -0.15) is 0 Å². The molecule has 1 heterocycles. The summed E-state index contributed by atoms with van der Waals surface area (Å²) in [6.07, 6.45) is 0.580. The van der Waals surface area contributed by atoms with Crippen LogP contribution in [0.1, 0.15) is 20.9 Å². The van der Waals surface area contributed by atoms with E-state index in [-0.39, 0.29) is 16.3 Å². The summed E-state index contributed by atoms with van der Waals surface area (Å²) in [5.74, 6) is 0.581. The maximum Gasteiger partial charge on any atom is 0.340 e. The van der Waals surface area contributed by atoms with Crippen LogP contribution in [0.2, 0.25) is 5.02 Å². The number of hydrogen-bond acceptors (Lipinski definition) is 6. The van der Waals surface area contributed by atoms with Crippen LogP contribution in [0.25, 0.3) is 11.3 Å². The average molecular weight is 476 g/mol. The fourth-order valence-electron chi connectivity index (χ4n) is 3.04. The first-order chi connectivity index (χ1) is 16.5. The molecule has 1 amide bonds. The standard InChI is InChI=1S/C26H18ClNO6/c27-23-12-6-17(24-13-11-21(15-29)34-24)14-22(23)26(31)32-16-25(30)28-18-7-9-20(10-8-18)33-19-4-2-1-3-5-19/h1-15H,16H2,(H,28,30). The topological polar surface area (TPSA) is 94.8 Å². The average Bonchev–Trinajstić information content (AvgIpc) is 3.34. The van der Waals surface area contributed by atoms with E-state index in [0.717, 1.165) is 0 Å². The van der Waals surface area contributed by atoms with Gasteiger partial charge in [0.2, 0.25) is 0 Å². The number of benzene rings is 3. The van der Waals surface area contributed by atoms with Gasteiger partial charge >= 0.3 is 5.97 Å². The fourth-order valence-corrected chi connectivity index (χ4v) is 3.24. The lowest BCUT2D eigenvalue weighted by molar-refractivity contribution is -0.119. The van der Waals surface area contributed by atoms with Gasteiger partial charge in [-0.25, -0.2) is 4.79 Å². The van der Waals surface area contributed by atoms with E-state index in [1.165, 1.54) is 18.2 Å². The number of carbonyl (C=O) groups excluding carboxylic acids is 3. The molecule has 7 nitrogen and oxygen atoms in total. The highest BCUT2D eigenvalue weighted by molar-refractivity contribution is 6.33. The molecule has 4 aromatic rings. The predicted molar refractivity (Wildman–Crippen MR) is 126 cm³/mol. The van der Waals surface area contributed by atoms with E-state index in [9.17, 15) is 14.4 Å². The number of hydrogen-bond donors (Lipinski definition) is 1. The molecule has 1 aromatic heterocycles. The van der Waals surface area contributed by atoms with Crippen molar-refractivity contribution in [2.24, 2.45) is 0 Å². The molecule has 0 radical (unpaired) electrons. The van der Waals surface area contributed by atoms with Crippen LogP contribution in [0.5, 0.6) is 11.5 Å². The van der Waals surface area contributed by atoms with E-state index < -0.39 is 18.5 Å². The Balaban J connectivity index is 1.33. The summed E-state index contributed by atoms with van der Waals surface area (Å²) in [5, 5.41) is 2.81. The van der Waals surface area contributed by atoms with Crippen molar-refractivity contribution in [3.05, 3.63) is 101 Å². The molecule has 170 valence electrons. The van der Waals surface area contributed by atoms with E-state index in [2.05, 4.69) is 5.32 Å². The Bertz CT molecular complexity index is 1310. The van der Waals surface area contributed by atoms with Gasteiger partial charge in [-0.15, -0.1) is 0 Å². The predicted octanol–water partition coefficient (Wildman–Crippen LogP) is 6.00. The van der Waals surface area contributed by atoms with Gasteiger partial charge in [0.05, 0.1) is 10.6 Å². The van der Waals surface area contributed by atoms with Gasteiger partial charge in [-0.05, 0) is 66.7 Å². The first-order valence-electron chi connectivity index (χ1n) is 10.2. The molecule has 0 aliphatic rings. The minimum absolute atomic E-state index is 0.0680. The zero-order chi connectivity index (χ0) is 23.9. The largest absolute Gasteiger partial charge is 0.457 e. The summed E-state index contributed by atoms with van der Waals surface area (Å²) in [4.78, 5) is 35.5. The number of aldehydes is 1. The Labute approximate surface area is 199 Å². The van der Waals surface area contributed by atoms with Crippen LogP contribution in [0.3, 0.4) is 0 Å². The second-order valence-electron chi connectivity index (χ2n) is 7.08. The molecule has 4 rings (SSSR count). The quantitative estimate of drug-likeness (QED) is 0.248. The third-order valence-electron chi connectivity index (χ3n) is 4.67. The third kappa shape index (κ3) is 5.70. The number of rotatable bonds is 8. The molecule has 0 aliphatic heterocycles. The van der Waals surface area contributed by atoms with Crippen molar-refractivity contribution < 1.29 is 28.3 Å². The van der Waals surface area contributed by atoms with E-state index in [4.69, 9.17) is 25.5 Å². The molecule has 0 fully saturated rings. The lowest BCUT2D eigenvalue weighted by atomic mass is 10.1. The number of anilines is 1. The molecule has 0 unspecified atom stereocenters. The number of ether oxygens (including phenoxy) is 2. The van der Waals surface area contributed by atoms with Crippen LogP contribution < -0.4 is 10.1 Å². The first kappa shape index (κ1) is 22.8. The van der Waals surface area contributed by atoms with Crippen LogP contribution in [-0.2, 0) is 9.53 Å². The molecule has 0 saturated carbocycles. The second kappa shape index (κ2) is 10.5. The summed E-state index contributed by atoms with van der Waals surface area (Å²) in [6, 6.07) is 23.8. The molecule has 3 aromatic carbocycles. The second-order valence-corrected chi connectivity index (χ2v) is 7.49. The number of carbonyl (C=O) groups is 3. The molecular weight excluding hydrogens is 458 g/mol. The lowest BCUT2D eigenvalue weighted by Gasteiger charge is -2.09. The molecule has 8 heteroatoms. The van der Waals surface area contributed by atoms with Gasteiger partial charge in [0.25, 0.3) is 5.91 Å². The zero-order valence-corrected chi connectivity index (χ0v) is 18.5. The van der Waals surface area contributed by atoms with Crippen LogP contribution in [0.4, 0.5) is 5.69 Å². The Morgan fingerprint density at radius 1 is 0.912 bits per heavy atom. The van der Waals surface area contributed by atoms with Crippen LogP contribution in [0, 0.1) is 0 Å². The highest BCUT2D eigenvalue weighted by Gasteiger charge is 2.16. The van der Waals surface area contributed by atoms with Crippen molar-refractivity contribution in [2.45, 2.75) is 0 Å². The van der Waals surface area contributed by atoms with Crippen molar-refractivity contribution in [2.75, 3.05) is 11.9 Å². The number of para-hydroxylation sites is 1. The monoisotopic (exact) mass is 475 g/mol. The van der Waals surface area contributed by atoms with Crippen molar-refractivity contribution in [1.29, 1.82) is 0 Å². The van der Waals surface area contributed by atoms with Gasteiger partial charge in [0.15, 0.2) is 18.7 Å². The summed E-state index contributed by atoms with van der Waals surface area (Å²) < 4.78 is 16.2. The molecule has 0 saturated heterocycles. The maximum atomic E-state index is 12.5. The Kier molecular flexibility index (Phi) is 7.05. The number of amides is 1. The Morgan fingerprint density at radius 2 is 1.65 bits per heavy atom. The van der Waals surface area contributed by atoms with Gasteiger partial charge < -0.3 is 19.2 Å². The van der Waals surface area contributed by atoms with Gasteiger partial charge in [0, 0.05) is 11.3 Å². The molecule has 34 heavy (non-hydrogen) atoms.